The van der Waals surface area contributed by atoms with Gasteiger partial charge in [0.15, 0.2) is 0 Å². The van der Waals surface area contributed by atoms with E-state index in [1.165, 1.54) is 44.5 Å². The molecule has 0 bridgehead atoms. The Morgan fingerprint density at radius 1 is 0.246 bits per heavy atom. The van der Waals surface area contributed by atoms with Crippen molar-refractivity contribution in [3.8, 4) is 22.3 Å². The number of allylic oxidation sites excluding steroid dienone is 6. The number of benzene rings is 8. The van der Waals surface area contributed by atoms with E-state index in [-0.39, 0.29) is 0 Å². The second kappa shape index (κ2) is 16.5. The zero-order valence-corrected chi connectivity index (χ0v) is 31.7. The summed E-state index contributed by atoms with van der Waals surface area (Å²) in [5, 5.41) is 0. The van der Waals surface area contributed by atoms with Gasteiger partial charge in [0.25, 0.3) is 0 Å². The third-order valence-electron chi connectivity index (χ3n) is 10.5. The third kappa shape index (κ3) is 7.89. The predicted molar refractivity (Wildman–Crippen MR) is 243 cm³/mol. The third-order valence-corrected chi connectivity index (χ3v) is 10.5. The van der Waals surface area contributed by atoms with Crippen molar-refractivity contribution in [2.24, 2.45) is 0 Å². The first kappa shape index (κ1) is 35.3. The summed E-state index contributed by atoms with van der Waals surface area (Å²) in [5.41, 5.74) is 16.3. The smallest absolute Gasteiger partial charge is 0.0467 e. The summed E-state index contributed by atoms with van der Waals surface area (Å²) in [6.45, 7) is 0. The summed E-state index contributed by atoms with van der Waals surface area (Å²) < 4.78 is 0. The van der Waals surface area contributed by atoms with Crippen molar-refractivity contribution in [1.82, 2.24) is 0 Å². The Kier molecular flexibility index (Phi) is 10.2. The van der Waals surface area contributed by atoms with E-state index < -0.39 is 0 Å². The molecular weight excluding hydrogens is 689 g/mol. The summed E-state index contributed by atoms with van der Waals surface area (Å²) in [4.78, 5) is 4.66. The molecular formula is C55H42N2. The second-order valence-electron chi connectivity index (χ2n) is 14.2. The molecule has 57 heavy (non-hydrogen) atoms. The van der Waals surface area contributed by atoms with Crippen LogP contribution in [0.3, 0.4) is 0 Å². The summed E-state index contributed by atoms with van der Waals surface area (Å²) in [5.74, 6) is 0. The van der Waals surface area contributed by atoms with Crippen LogP contribution in [0.4, 0.5) is 34.1 Å². The Labute approximate surface area is 336 Å². The Bertz CT molecular complexity index is 2470. The van der Waals surface area contributed by atoms with Gasteiger partial charge in [0.2, 0.25) is 0 Å². The number of para-hydroxylation sites is 2. The van der Waals surface area contributed by atoms with Gasteiger partial charge in [0.05, 0.1) is 0 Å². The van der Waals surface area contributed by atoms with Gasteiger partial charge in [-0.25, -0.2) is 0 Å². The highest BCUT2D eigenvalue weighted by Gasteiger charge is 2.16. The van der Waals surface area contributed by atoms with Gasteiger partial charge in [-0.1, -0.05) is 170 Å². The van der Waals surface area contributed by atoms with Crippen LogP contribution in [0.15, 0.2) is 243 Å². The number of rotatable bonds is 10. The molecule has 1 aliphatic rings. The molecule has 8 aromatic carbocycles. The Balaban J connectivity index is 0.956. The van der Waals surface area contributed by atoms with E-state index in [0.29, 0.717) is 0 Å². The zero-order chi connectivity index (χ0) is 38.2. The van der Waals surface area contributed by atoms with E-state index in [0.717, 1.165) is 40.5 Å². The average molecular weight is 731 g/mol. The predicted octanol–water partition coefficient (Wildman–Crippen LogP) is 15.4. The first-order valence-electron chi connectivity index (χ1n) is 19.6. The van der Waals surface area contributed by atoms with Crippen molar-refractivity contribution in [2.45, 2.75) is 6.42 Å². The molecule has 0 unspecified atom stereocenters. The van der Waals surface area contributed by atoms with Gasteiger partial charge in [-0.3, -0.25) is 0 Å². The highest BCUT2D eigenvalue weighted by Crippen LogP contribution is 2.39. The van der Waals surface area contributed by atoms with Crippen molar-refractivity contribution in [2.75, 3.05) is 9.80 Å². The van der Waals surface area contributed by atoms with Crippen molar-refractivity contribution in [1.29, 1.82) is 0 Å². The molecule has 0 N–H and O–H groups in total. The van der Waals surface area contributed by atoms with Gasteiger partial charge in [-0.05, 0) is 124 Å². The fraction of sp³-hybridized carbons (Fsp3) is 0.0182. The lowest BCUT2D eigenvalue weighted by atomic mass is 10.0. The zero-order valence-electron chi connectivity index (χ0n) is 31.7. The topological polar surface area (TPSA) is 6.48 Å². The monoisotopic (exact) mass is 730 g/mol. The lowest BCUT2D eigenvalue weighted by Gasteiger charge is -2.26. The normalized spacial score (nSPS) is 12.3. The number of hydrogen-bond donors (Lipinski definition) is 0. The molecule has 0 heterocycles. The number of nitrogens with zero attached hydrogens (tertiary/aromatic N) is 2. The van der Waals surface area contributed by atoms with Gasteiger partial charge in [0, 0.05) is 34.1 Å². The highest BCUT2D eigenvalue weighted by atomic mass is 15.1. The SMILES string of the molecule is C1=CC(c2ccc(N(c3ccccc3)c3cccc(-c4ccccc4)c3)cc2)=CCC=C1c1ccc(N(c2ccccc2)c2cccc(-c3ccccc3)c2)cc1. The van der Waals surface area contributed by atoms with Gasteiger partial charge in [0.1, 0.15) is 0 Å². The lowest BCUT2D eigenvalue weighted by molar-refractivity contribution is 1.28. The first-order valence-corrected chi connectivity index (χ1v) is 19.6. The Hall–Kier alpha value is -7.42. The lowest BCUT2D eigenvalue weighted by Crippen LogP contribution is -2.10. The minimum Gasteiger partial charge on any atom is -0.310 e. The van der Waals surface area contributed by atoms with E-state index in [4.69, 9.17) is 0 Å². The van der Waals surface area contributed by atoms with Crippen LogP contribution in [0.1, 0.15) is 17.5 Å². The van der Waals surface area contributed by atoms with E-state index >= 15 is 0 Å². The molecule has 0 amide bonds. The number of anilines is 6. The molecule has 0 saturated carbocycles. The van der Waals surface area contributed by atoms with E-state index in [9.17, 15) is 0 Å². The molecule has 2 heteroatoms. The minimum atomic E-state index is 0.853. The van der Waals surface area contributed by atoms with Gasteiger partial charge < -0.3 is 9.80 Å². The molecule has 2 nitrogen and oxygen atoms in total. The maximum Gasteiger partial charge on any atom is 0.0467 e. The Morgan fingerprint density at radius 3 is 0.947 bits per heavy atom. The molecule has 0 aromatic heterocycles. The van der Waals surface area contributed by atoms with Crippen LogP contribution < -0.4 is 9.80 Å². The number of hydrogen-bond acceptors (Lipinski definition) is 2. The van der Waals surface area contributed by atoms with Crippen molar-refractivity contribution >= 4 is 45.3 Å². The van der Waals surface area contributed by atoms with E-state index in [1.54, 1.807) is 0 Å². The molecule has 0 fully saturated rings. The molecule has 272 valence electrons. The summed E-state index contributed by atoms with van der Waals surface area (Å²) in [6.07, 6.45) is 10.0. The maximum atomic E-state index is 2.33. The highest BCUT2D eigenvalue weighted by molar-refractivity contribution is 5.87. The summed E-state index contributed by atoms with van der Waals surface area (Å²) >= 11 is 0. The fourth-order valence-corrected chi connectivity index (χ4v) is 7.62. The fourth-order valence-electron chi connectivity index (χ4n) is 7.62. The average Bonchev–Trinajstić information content (AvgIpc) is 3.55. The van der Waals surface area contributed by atoms with Crippen LogP contribution in [0, 0.1) is 0 Å². The van der Waals surface area contributed by atoms with E-state index in [2.05, 4.69) is 252 Å². The molecule has 0 spiro atoms. The molecule has 0 radical (unpaired) electrons. The van der Waals surface area contributed by atoms with Crippen molar-refractivity contribution < 1.29 is 0 Å². The van der Waals surface area contributed by atoms with Crippen LogP contribution in [0.2, 0.25) is 0 Å². The van der Waals surface area contributed by atoms with Crippen LogP contribution in [-0.4, -0.2) is 0 Å². The maximum absolute atomic E-state index is 2.33. The molecule has 0 atom stereocenters. The van der Waals surface area contributed by atoms with Crippen molar-refractivity contribution in [3.05, 3.63) is 254 Å². The quantitative estimate of drug-likeness (QED) is 0.138. The molecule has 0 saturated heterocycles. The summed E-state index contributed by atoms with van der Waals surface area (Å²) in [6, 6.07) is 77.8. The van der Waals surface area contributed by atoms with Crippen molar-refractivity contribution in [3.63, 3.8) is 0 Å². The van der Waals surface area contributed by atoms with Gasteiger partial charge in [-0.15, -0.1) is 0 Å². The van der Waals surface area contributed by atoms with Crippen LogP contribution in [0.25, 0.3) is 33.4 Å². The van der Waals surface area contributed by atoms with Gasteiger partial charge >= 0.3 is 0 Å². The Morgan fingerprint density at radius 2 is 0.561 bits per heavy atom. The van der Waals surface area contributed by atoms with Crippen LogP contribution in [-0.2, 0) is 0 Å². The molecule has 1 aliphatic carbocycles. The largest absolute Gasteiger partial charge is 0.310 e. The molecule has 8 aromatic rings. The molecule has 9 rings (SSSR count). The van der Waals surface area contributed by atoms with E-state index in [1.807, 2.05) is 0 Å². The minimum absolute atomic E-state index is 0.853. The standard InChI is InChI=1S/C55H42N2/c1-5-16-42(17-6-1)48-22-14-28-54(40-48)56(50-24-9-3-10-25-50)52-36-32-46(33-37-52)44-20-13-21-45(31-30-44)47-34-38-53(39-35-47)57(51-26-11-4-12-27-51)55-29-15-23-49(41-55)43-18-7-2-8-19-43/h1-12,14-41H,13H2. The second-order valence-corrected chi connectivity index (χ2v) is 14.2. The first-order chi connectivity index (χ1) is 28.3. The van der Waals surface area contributed by atoms with Gasteiger partial charge in [-0.2, -0.15) is 0 Å². The summed E-state index contributed by atoms with van der Waals surface area (Å²) in [7, 11) is 0. The van der Waals surface area contributed by atoms with Crippen LogP contribution >= 0.6 is 0 Å². The molecule has 0 aliphatic heterocycles. The van der Waals surface area contributed by atoms with Crippen LogP contribution in [0.5, 0.6) is 0 Å².